The van der Waals surface area contributed by atoms with Gasteiger partial charge in [0.05, 0.1) is 6.54 Å². The smallest absolute Gasteiger partial charge is 0.228 e. The Morgan fingerprint density at radius 1 is 1.73 bits per heavy atom. The van der Waals surface area contributed by atoms with Crippen molar-refractivity contribution in [3.05, 3.63) is 11.7 Å². The molecule has 0 radical (unpaired) electrons. The molecule has 0 aliphatic heterocycles. The normalized spacial score (nSPS) is 11.1. The minimum atomic E-state index is 0.520. The predicted octanol–water partition coefficient (Wildman–Crippen LogP) is 0.710. The zero-order valence-electron chi connectivity index (χ0n) is 8.52. The second-order valence-corrected chi connectivity index (χ2v) is 3.41. The highest BCUT2D eigenvalue weighted by Crippen LogP contribution is 1.99. The van der Waals surface area contributed by atoms with Crippen LogP contribution in [0.25, 0.3) is 0 Å². The Morgan fingerprint density at radius 3 is 3.07 bits per heavy atom. The first kappa shape index (κ1) is 11.5. The van der Waals surface area contributed by atoms with Crippen molar-refractivity contribution in [1.82, 2.24) is 15.5 Å². The number of aromatic nitrogens is 2. The van der Waals surface area contributed by atoms with Crippen LogP contribution in [0.5, 0.6) is 0 Å². The molecule has 6 nitrogen and oxygen atoms in total. The lowest BCUT2D eigenvalue weighted by Crippen LogP contribution is -2.14. The summed E-state index contributed by atoms with van der Waals surface area (Å²) in [5, 5.41) is 15.1. The van der Waals surface area contributed by atoms with E-state index in [0.29, 0.717) is 29.8 Å². The quantitative estimate of drug-likeness (QED) is 0.353. The molecule has 0 amide bonds. The van der Waals surface area contributed by atoms with Gasteiger partial charge in [-0.25, -0.2) is 0 Å². The minimum absolute atomic E-state index is 0.520. The van der Waals surface area contributed by atoms with Gasteiger partial charge in [-0.1, -0.05) is 16.9 Å². The van der Waals surface area contributed by atoms with E-state index in [0.717, 1.165) is 0 Å². The summed E-state index contributed by atoms with van der Waals surface area (Å²) in [4.78, 5) is 8.19. The van der Waals surface area contributed by atoms with E-state index < -0.39 is 0 Å². The average Bonchev–Trinajstić information content (AvgIpc) is 2.63. The van der Waals surface area contributed by atoms with Crippen molar-refractivity contribution in [1.29, 1.82) is 5.26 Å². The highest BCUT2D eigenvalue weighted by atomic mass is 32.2. The average molecular weight is 225 g/mol. The number of nitrogens with zero attached hydrogens (tertiary/aromatic N) is 4. The molecular formula is C8H11N5OS. The van der Waals surface area contributed by atoms with Crippen molar-refractivity contribution in [2.45, 2.75) is 13.3 Å². The summed E-state index contributed by atoms with van der Waals surface area (Å²) >= 11 is 1.38. The Kier molecular flexibility index (Phi) is 4.63. The number of rotatable bonds is 3. The molecule has 0 bridgehead atoms. The molecular weight excluding hydrogens is 214 g/mol. The fraction of sp³-hybridized carbons (Fsp3) is 0.500. The molecule has 1 heterocycles. The number of nitrogens with one attached hydrogen (secondary N) is 1. The summed E-state index contributed by atoms with van der Waals surface area (Å²) in [6.07, 6.45) is 4.25. The molecule has 0 spiro atoms. The van der Waals surface area contributed by atoms with Crippen LogP contribution in [-0.4, -0.2) is 28.1 Å². The highest BCUT2D eigenvalue weighted by Gasteiger charge is 2.01. The van der Waals surface area contributed by atoms with E-state index >= 15 is 0 Å². The molecule has 0 aromatic carbocycles. The fourth-order valence-corrected chi connectivity index (χ4v) is 1.27. The van der Waals surface area contributed by atoms with Crippen molar-refractivity contribution in [2.75, 3.05) is 12.8 Å². The van der Waals surface area contributed by atoms with Crippen LogP contribution in [-0.2, 0) is 6.42 Å². The van der Waals surface area contributed by atoms with E-state index in [9.17, 15) is 0 Å². The van der Waals surface area contributed by atoms with Gasteiger partial charge in [-0.2, -0.15) is 10.2 Å². The van der Waals surface area contributed by atoms with Gasteiger partial charge in [0.15, 0.2) is 17.2 Å². The molecule has 7 heteroatoms. The van der Waals surface area contributed by atoms with Crippen LogP contribution < -0.4 is 5.32 Å². The summed E-state index contributed by atoms with van der Waals surface area (Å²) < 4.78 is 4.92. The van der Waals surface area contributed by atoms with Gasteiger partial charge in [0.2, 0.25) is 5.89 Å². The van der Waals surface area contributed by atoms with Crippen LogP contribution in [0.1, 0.15) is 11.7 Å². The molecule has 0 fully saturated rings. The van der Waals surface area contributed by atoms with Gasteiger partial charge in [-0.05, 0) is 13.2 Å². The van der Waals surface area contributed by atoms with Gasteiger partial charge < -0.3 is 4.52 Å². The molecule has 0 aliphatic rings. The molecule has 0 saturated heterocycles. The van der Waals surface area contributed by atoms with Crippen molar-refractivity contribution in [3.8, 4) is 6.19 Å². The molecule has 0 atom stereocenters. The third-order valence-corrected chi connectivity index (χ3v) is 2.12. The number of amidine groups is 1. The van der Waals surface area contributed by atoms with Gasteiger partial charge in [-0.3, -0.25) is 10.3 Å². The molecule has 0 saturated carbocycles. The summed E-state index contributed by atoms with van der Waals surface area (Å²) in [7, 11) is 0. The number of hydrogen-bond donors (Lipinski definition) is 1. The van der Waals surface area contributed by atoms with E-state index in [2.05, 4.69) is 20.4 Å². The molecule has 15 heavy (non-hydrogen) atoms. The maximum atomic E-state index is 8.39. The second kappa shape index (κ2) is 6.03. The predicted molar refractivity (Wildman–Crippen MR) is 57.3 cm³/mol. The van der Waals surface area contributed by atoms with Gasteiger partial charge in [0.1, 0.15) is 0 Å². The van der Waals surface area contributed by atoms with Crippen LogP contribution in [0, 0.1) is 18.4 Å². The number of nitriles is 1. The van der Waals surface area contributed by atoms with Gasteiger partial charge in [0, 0.05) is 6.42 Å². The Balaban J connectivity index is 2.40. The van der Waals surface area contributed by atoms with Crippen molar-refractivity contribution in [3.63, 3.8) is 0 Å². The second-order valence-electron chi connectivity index (χ2n) is 2.61. The third kappa shape index (κ3) is 3.99. The Bertz CT molecular complexity index is 381. The van der Waals surface area contributed by atoms with Crippen molar-refractivity contribution >= 4 is 16.9 Å². The van der Waals surface area contributed by atoms with E-state index in [1.165, 1.54) is 11.8 Å². The maximum Gasteiger partial charge on any atom is 0.228 e. The molecule has 1 N–H and O–H groups in total. The zero-order chi connectivity index (χ0) is 11.1. The van der Waals surface area contributed by atoms with E-state index in [1.807, 2.05) is 12.4 Å². The van der Waals surface area contributed by atoms with Crippen LogP contribution in [0.2, 0.25) is 0 Å². The lowest BCUT2D eigenvalue weighted by atomic mass is 10.4. The van der Waals surface area contributed by atoms with Crippen LogP contribution >= 0.6 is 11.8 Å². The number of hydrogen-bond acceptors (Lipinski definition) is 6. The molecule has 1 rings (SSSR count). The van der Waals surface area contributed by atoms with E-state index in [-0.39, 0.29) is 0 Å². The number of aliphatic imine (C=N–C) groups is 1. The number of aryl methyl sites for hydroxylation is 1. The largest absolute Gasteiger partial charge is 0.339 e. The third-order valence-electron chi connectivity index (χ3n) is 1.51. The molecule has 0 unspecified atom stereocenters. The van der Waals surface area contributed by atoms with Crippen LogP contribution in [0.3, 0.4) is 0 Å². The lowest BCUT2D eigenvalue weighted by Gasteiger charge is -1.97. The lowest BCUT2D eigenvalue weighted by molar-refractivity contribution is 0.376. The highest BCUT2D eigenvalue weighted by molar-refractivity contribution is 8.13. The van der Waals surface area contributed by atoms with Gasteiger partial charge >= 0.3 is 0 Å². The summed E-state index contributed by atoms with van der Waals surface area (Å²) in [6.45, 7) is 2.29. The zero-order valence-corrected chi connectivity index (χ0v) is 9.34. The summed E-state index contributed by atoms with van der Waals surface area (Å²) in [5.41, 5.74) is 0. The molecule has 1 aromatic rings. The van der Waals surface area contributed by atoms with Crippen molar-refractivity contribution < 1.29 is 4.52 Å². The van der Waals surface area contributed by atoms with Gasteiger partial charge in [-0.15, -0.1) is 0 Å². The Morgan fingerprint density at radius 2 is 2.53 bits per heavy atom. The molecule has 0 aliphatic carbocycles. The van der Waals surface area contributed by atoms with E-state index in [4.69, 9.17) is 9.78 Å². The first-order chi connectivity index (χ1) is 7.26. The molecule has 80 valence electrons. The van der Waals surface area contributed by atoms with Crippen LogP contribution in [0.4, 0.5) is 0 Å². The maximum absolute atomic E-state index is 8.39. The minimum Gasteiger partial charge on any atom is -0.339 e. The monoisotopic (exact) mass is 225 g/mol. The van der Waals surface area contributed by atoms with E-state index in [1.54, 1.807) is 6.92 Å². The first-order valence-corrected chi connectivity index (χ1v) is 5.51. The van der Waals surface area contributed by atoms with Crippen molar-refractivity contribution in [2.24, 2.45) is 4.99 Å². The Labute approximate surface area is 91.8 Å². The topological polar surface area (TPSA) is 87.1 Å². The summed E-state index contributed by atoms with van der Waals surface area (Å²) in [5.74, 6) is 1.18. The first-order valence-electron chi connectivity index (χ1n) is 4.29. The summed E-state index contributed by atoms with van der Waals surface area (Å²) in [6, 6.07) is 0. The fourth-order valence-electron chi connectivity index (χ4n) is 0.898. The van der Waals surface area contributed by atoms with Crippen LogP contribution in [0.15, 0.2) is 9.52 Å². The van der Waals surface area contributed by atoms with Gasteiger partial charge in [0.25, 0.3) is 0 Å². The standard InChI is InChI=1S/C8H11N5OS/c1-6-12-7(14-13-6)3-4-10-8(15-2)11-5-9/h3-4H2,1-2H3,(H,10,11). The number of thioether (sulfide) groups is 1. The SMILES string of the molecule is CSC(=NCCc1nc(C)no1)NC#N. The molecule has 1 aromatic heterocycles. The Hall–Kier alpha value is -1.55.